The van der Waals surface area contributed by atoms with Gasteiger partial charge in [0.1, 0.15) is 5.92 Å². The molecular formula is C10H8BrF3N4. The van der Waals surface area contributed by atoms with E-state index >= 15 is 0 Å². The first-order valence-electron chi connectivity index (χ1n) is 4.89. The molecule has 0 bridgehead atoms. The molecule has 0 aliphatic heterocycles. The lowest BCUT2D eigenvalue weighted by Gasteiger charge is -2.18. The minimum atomic E-state index is -4.42. The molecule has 96 valence electrons. The third-order valence-corrected chi connectivity index (χ3v) is 2.68. The second kappa shape index (κ2) is 5.87. The zero-order valence-electron chi connectivity index (χ0n) is 9.02. The predicted molar refractivity (Wildman–Crippen MR) is 58.8 cm³/mol. The maximum atomic E-state index is 12.4. The molecule has 0 radical (unpaired) electrons. The predicted octanol–water partition coefficient (Wildman–Crippen LogP) is 2.88. The summed E-state index contributed by atoms with van der Waals surface area (Å²) in [6, 6.07) is 3.18. The normalized spacial score (nSPS) is 13.1. The van der Waals surface area contributed by atoms with Gasteiger partial charge in [-0.25, -0.2) is 0 Å². The second-order valence-electron chi connectivity index (χ2n) is 3.70. The van der Waals surface area contributed by atoms with Crippen molar-refractivity contribution in [3.05, 3.63) is 16.9 Å². The number of alkyl halides is 3. The summed E-state index contributed by atoms with van der Waals surface area (Å²) < 4.78 is 39.1. The lowest BCUT2D eigenvalue weighted by atomic mass is 9.91. The van der Waals surface area contributed by atoms with Crippen molar-refractivity contribution in [2.24, 2.45) is 11.8 Å². The van der Waals surface area contributed by atoms with Crippen LogP contribution >= 0.6 is 15.9 Å². The summed E-state index contributed by atoms with van der Waals surface area (Å²) in [5, 5.41) is 21.2. The Labute approximate surface area is 110 Å². The van der Waals surface area contributed by atoms with Crippen LogP contribution in [-0.4, -0.2) is 16.0 Å². The Hall–Kier alpha value is -1.54. The fourth-order valence-electron chi connectivity index (χ4n) is 1.50. The van der Waals surface area contributed by atoms with E-state index in [1.54, 1.807) is 12.1 Å². The van der Waals surface area contributed by atoms with Crippen molar-refractivity contribution in [1.82, 2.24) is 9.78 Å². The van der Waals surface area contributed by atoms with Crippen LogP contribution in [-0.2, 0) is 6.54 Å². The van der Waals surface area contributed by atoms with Gasteiger partial charge < -0.3 is 0 Å². The zero-order valence-corrected chi connectivity index (χ0v) is 10.6. The number of hydrogen-bond acceptors (Lipinski definition) is 3. The Morgan fingerprint density at radius 1 is 1.39 bits per heavy atom. The van der Waals surface area contributed by atoms with E-state index in [0.29, 0.717) is 4.47 Å². The van der Waals surface area contributed by atoms with Crippen molar-refractivity contribution in [3.8, 4) is 12.1 Å². The fourth-order valence-corrected chi connectivity index (χ4v) is 1.83. The molecule has 0 amide bonds. The summed E-state index contributed by atoms with van der Waals surface area (Å²) in [4.78, 5) is 0. The van der Waals surface area contributed by atoms with Crippen LogP contribution in [0.25, 0.3) is 0 Å². The number of hydrogen-bond donors (Lipinski definition) is 0. The number of nitriles is 2. The molecule has 0 fully saturated rings. The second-order valence-corrected chi connectivity index (χ2v) is 4.61. The van der Waals surface area contributed by atoms with Crippen LogP contribution in [0.5, 0.6) is 0 Å². The van der Waals surface area contributed by atoms with Crippen molar-refractivity contribution >= 4 is 15.9 Å². The van der Waals surface area contributed by atoms with Crippen LogP contribution in [0.3, 0.4) is 0 Å². The van der Waals surface area contributed by atoms with E-state index in [2.05, 4.69) is 21.0 Å². The third kappa shape index (κ3) is 4.38. The highest BCUT2D eigenvalue weighted by atomic mass is 79.9. The molecular weight excluding hydrogens is 313 g/mol. The van der Waals surface area contributed by atoms with E-state index in [4.69, 9.17) is 10.5 Å². The van der Waals surface area contributed by atoms with E-state index in [1.165, 1.54) is 17.1 Å². The van der Waals surface area contributed by atoms with E-state index in [9.17, 15) is 13.2 Å². The molecule has 1 atom stereocenters. The van der Waals surface area contributed by atoms with Crippen molar-refractivity contribution in [2.75, 3.05) is 0 Å². The number of halogens is 4. The molecule has 1 aromatic rings. The van der Waals surface area contributed by atoms with Gasteiger partial charge in [0.2, 0.25) is 0 Å². The van der Waals surface area contributed by atoms with Gasteiger partial charge in [0.25, 0.3) is 0 Å². The highest BCUT2D eigenvalue weighted by molar-refractivity contribution is 9.10. The van der Waals surface area contributed by atoms with Gasteiger partial charge in [-0.1, -0.05) is 0 Å². The summed E-state index contributed by atoms with van der Waals surface area (Å²) >= 11 is 3.12. The van der Waals surface area contributed by atoms with Gasteiger partial charge >= 0.3 is 6.18 Å². The van der Waals surface area contributed by atoms with Crippen LogP contribution in [0.1, 0.15) is 6.42 Å². The van der Waals surface area contributed by atoms with Crippen LogP contribution in [0, 0.1) is 34.5 Å². The molecule has 1 heterocycles. The average molecular weight is 321 g/mol. The molecule has 0 saturated heterocycles. The molecule has 1 rings (SSSR count). The van der Waals surface area contributed by atoms with Gasteiger partial charge in [-0.05, 0) is 15.9 Å². The molecule has 0 spiro atoms. The molecule has 18 heavy (non-hydrogen) atoms. The minimum absolute atomic E-state index is 0.128. The van der Waals surface area contributed by atoms with Gasteiger partial charge in [0.15, 0.2) is 0 Å². The Kier molecular flexibility index (Phi) is 4.74. The summed E-state index contributed by atoms with van der Waals surface area (Å²) in [7, 11) is 0. The molecule has 1 aromatic heterocycles. The maximum Gasteiger partial charge on any atom is 0.389 e. The first kappa shape index (κ1) is 14.5. The Morgan fingerprint density at radius 2 is 2.00 bits per heavy atom. The molecule has 0 aromatic carbocycles. The Balaban J connectivity index is 2.85. The first-order chi connectivity index (χ1) is 8.35. The minimum Gasteiger partial charge on any atom is -0.271 e. The zero-order chi connectivity index (χ0) is 13.8. The number of nitrogens with zero attached hydrogens (tertiary/aromatic N) is 4. The Morgan fingerprint density at radius 3 is 2.39 bits per heavy atom. The average Bonchev–Trinajstić information content (AvgIpc) is 2.63. The van der Waals surface area contributed by atoms with Crippen molar-refractivity contribution in [1.29, 1.82) is 10.5 Å². The summed E-state index contributed by atoms with van der Waals surface area (Å²) in [6.45, 7) is -0.128. The SMILES string of the molecule is N#CC(C#N)C(Cn1cc(Br)cn1)CC(F)(F)F. The van der Waals surface area contributed by atoms with Gasteiger partial charge in [-0.3, -0.25) is 4.68 Å². The van der Waals surface area contributed by atoms with Crippen molar-refractivity contribution in [3.63, 3.8) is 0 Å². The fraction of sp³-hybridized carbons (Fsp3) is 0.500. The summed E-state index contributed by atoms with van der Waals surface area (Å²) in [6.07, 6.45) is -2.68. The molecule has 1 unspecified atom stereocenters. The topological polar surface area (TPSA) is 65.4 Å². The Bertz CT molecular complexity index is 469. The quantitative estimate of drug-likeness (QED) is 0.856. The standard InChI is InChI=1S/C10H8BrF3N4/c11-9-4-17-18(6-9)5-7(1-10(12,13)14)8(2-15)3-16/h4,6-8H,1,5H2. The molecule has 8 heteroatoms. The smallest absolute Gasteiger partial charge is 0.271 e. The maximum absolute atomic E-state index is 12.4. The third-order valence-electron chi connectivity index (χ3n) is 2.27. The number of rotatable bonds is 4. The van der Waals surface area contributed by atoms with Gasteiger partial charge in [0, 0.05) is 18.7 Å². The highest BCUT2D eigenvalue weighted by Gasteiger charge is 2.36. The molecule has 0 N–H and O–H groups in total. The molecule has 0 aliphatic rings. The molecule has 4 nitrogen and oxygen atoms in total. The van der Waals surface area contributed by atoms with E-state index in [1.807, 2.05) is 0 Å². The van der Waals surface area contributed by atoms with E-state index in [-0.39, 0.29) is 6.54 Å². The lowest BCUT2D eigenvalue weighted by Crippen LogP contribution is -2.25. The van der Waals surface area contributed by atoms with E-state index in [0.717, 1.165) is 0 Å². The van der Waals surface area contributed by atoms with Crippen molar-refractivity contribution in [2.45, 2.75) is 19.1 Å². The molecule has 0 aliphatic carbocycles. The number of aromatic nitrogens is 2. The van der Waals surface area contributed by atoms with Crippen LogP contribution < -0.4 is 0 Å². The van der Waals surface area contributed by atoms with Crippen LogP contribution in [0.15, 0.2) is 16.9 Å². The van der Waals surface area contributed by atoms with Gasteiger partial charge in [0.05, 0.1) is 29.2 Å². The largest absolute Gasteiger partial charge is 0.389 e. The monoisotopic (exact) mass is 320 g/mol. The van der Waals surface area contributed by atoms with Gasteiger partial charge in [-0.15, -0.1) is 0 Å². The van der Waals surface area contributed by atoms with E-state index < -0.39 is 24.4 Å². The molecule has 0 saturated carbocycles. The van der Waals surface area contributed by atoms with Crippen LogP contribution in [0.2, 0.25) is 0 Å². The lowest BCUT2D eigenvalue weighted by molar-refractivity contribution is -0.147. The summed E-state index contributed by atoms with van der Waals surface area (Å²) in [5.41, 5.74) is 0. The first-order valence-corrected chi connectivity index (χ1v) is 5.69. The summed E-state index contributed by atoms with van der Waals surface area (Å²) in [5.74, 6) is -2.44. The van der Waals surface area contributed by atoms with Crippen molar-refractivity contribution < 1.29 is 13.2 Å². The van der Waals surface area contributed by atoms with Crippen LogP contribution in [0.4, 0.5) is 13.2 Å². The highest BCUT2D eigenvalue weighted by Crippen LogP contribution is 2.30. The van der Waals surface area contributed by atoms with Gasteiger partial charge in [-0.2, -0.15) is 28.8 Å².